The van der Waals surface area contributed by atoms with Gasteiger partial charge >= 0.3 is 0 Å². The molecule has 1 aromatic carbocycles. The summed E-state index contributed by atoms with van der Waals surface area (Å²) in [5, 5.41) is 10.2. The van der Waals surface area contributed by atoms with Gasteiger partial charge in [0.05, 0.1) is 13.2 Å². The Balaban J connectivity index is 2.01. The lowest BCUT2D eigenvalue weighted by Gasteiger charge is -2.33. The molecule has 2 rings (SSSR count). The van der Waals surface area contributed by atoms with Crippen molar-refractivity contribution in [1.82, 2.24) is 4.90 Å². The fourth-order valence-corrected chi connectivity index (χ4v) is 1.92. The molecule has 0 bridgehead atoms. The Morgan fingerprint density at radius 2 is 1.88 bits per heavy atom. The number of hydrogen-bond donors (Lipinski definition) is 2. The second kappa shape index (κ2) is 4.93. The predicted molar refractivity (Wildman–Crippen MR) is 61.8 cm³/mol. The molecule has 3 N–H and O–H groups in total. The molecule has 0 amide bonds. The quantitative estimate of drug-likeness (QED) is 0.713. The minimum absolute atomic E-state index is 0.445. The van der Waals surface area contributed by atoms with Crippen LogP contribution in [0, 0.1) is 0 Å². The lowest BCUT2D eigenvalue weighted by Crippen LogP contribution is -2.50. The maximum absolute atomic E-state index is 10.2. The van der Waals surface area contributed by atoms with Crippen molar-refractivity contribution < 1.29 is 9.84 Å². The Bertz CT molecular complexity index is 321. The molecule has 1 aliphatic heterocycles. The van der Waals surface area contributed by atoms with Crippen LogP contribution in [0.2, 0.25) is 0 Å². The predicted octanol–water partition coefficient (Wildman–Crippen LogP) is 0.123. The molecule has 1 aromatic rings. The van der Waals surface area contributed by atoms with E-state index in [1.807, 2.05) is 30.3 Å². The highest BCUT2D eigenvalue weighted by molar-refractivity contribution is 5.21. The van der Waals surface area contributed by atoms with Crippen molar-refractivity contribution in [2.45, 2.75) is 5.72 Å². The van der Waals surface area contributed by atoms with Crippen molar-refractivity contribution in [3.05, 3.63) is 35.9 Å². The lowest BCUT2D eigenvalue weighted by molar-refractivity contribution is -0.0321. The highest BCUT2D eigenvalue weighted by atomic mass is 16.5. The largest absolute Gasteiger partial charge is 0.379 e. The van der Waals surface area contributed by atoms with Crippen molar-refractivity contribution in [3.8, 4) is 0 Å². The van der Waals surface area contributed by atoms with Crippen molar-refractivity contribution >= 4 is 0 Å². The van der Waals surface area contributed by atoms with Crippen LogP contribution in [0.1, 0.15) is 5.56 Å². The number of morpholine rings is 1. The van der Waals surface area contributed by atoms with Crippen molar-refractivity contribution in [2.75, 3.05) is 32.8 Å². The molecule has 1 unspecified atom stereocenters. The average molecular weight is 222 g/mol. The Hall–Kier alpha value is -0.940. The van der Waals surface area contributed by atoms with E-state index in [-0.39, 0.29) is 0 Å². The third kappa shape index (κ3) is 2.80. The van der Waals surface area contributed by atoms with E-state index in [2.05, 4.69) is 4.90 Å². The van der Waals surface area contributed by atoms with E-state index in [0.29, 0.717) is 19.8 Å². The summed E-state index contributed by atoms with van der Waals surface area (Å²) in [7, 11) is 0. The zero-order chi connectivity index (χ0) is 11.4. The van der Waals surface area contributed by atoms with Crippen LogP contribution in [0.25, 0.3) is 0 Å². The van der Waals surface area contributed by atoms with Gasteiger partial charge in [0.2, 0.25) is 0 Å². The molecule has 0 spiro atoms. The second-order valence-corrected chi connectivity index (χ2v) is 4.18. The van der Waals surface area contributed by atoms with Gasteiger partial charge < -0.3 is 9.84 Å². The lowest BCUT2D eigenvalue weighted by atomic mass is 10.0. The van der Waals surface area contributed by atoms with Gasteiger partial charge in [0, 0.05) is 19.6 Å². The molecule has 0 saturated carbocycles. The molecule has 88 valence electrons. The second-order valence-electron chi connectivity index (χ2n) is 4.18. The molecule has 1 heterocycles. The molecule has 0 aromatic heterocycles. The Kier molecular flexibility index (Phi) is 3.56. The van der Waals surface area contributed by atoms with E-state index in [9.17, 15) is 5.11 Å². The van der Waals surface area contributed by atoms with Gasteiger partial charge in [-0.2, -0.15) is 0 Å². The summed E-state index contributed by atoms with van der Waals surface area (Å²) in [6, 6.07) is 9.37. The highest BCUT2D eigenvalue weighted by Gasteiger charge is 2.27. The van der Waals surface area contributed by atoms with Gasteiger partial charge in [0.1, 0.15) is 0 Å². The summed E-state index contributed by atoms with van der Waals surface area (Å²) in [6.07, 6.45) is 0. The van der Waals surface area contributed by atoms with Crippen molar-refractivity contribution in [2.24, 2.45) is 5.73 Å². The van der Waals surface area contributed by atoms with Crippen LogP contribution in [-0.2, 0) is 10.5 Å². The number of aliphatic hydroxyl groups is 1. The van der Waals surface area contributed by atoms with Crippen molar-refractivity contribution in [1.29, 1.82) is 0 Å². The molecule has 0 aliphatic carbocycles. The molecule has 16 heavy (non-hydrogen) atoms. The SMILES string of the molecule is NC(O)(CN1CCOCC1)c1ccccc1. The van der Waals surface area contributed by atoms with Gasteiger partial charge in [0.15, 0.2) is 5.72 Å². The smallest absolute Gasteiger partial charge is 0.152 e. The third-order valence-corrected chi connectivity index (χ3v) is 2.84. The molecular weight excluding hydrogens is 204 g/mol. The first-order chi connectivity index (χ1) is 7.68. The maximum atomic E-state index is 10.2. The number of nitrogens with zero attached hydrogens (tertiary/aromatic N) is 1. The molecular formula is C12H18N2O2. The van der Waals surface area contributed by atoms with E-state index in [1.165, 1.54) is 0 Å². The van der Waals surface area contributed by atoms with Crippen LogP contribution >= 0.6 is 0 Å². The summed E-state index contributed by atoms with van der Waals surface area (Å²) in [4.78, 5) is 2.12. The van der Waals surface area contributed by atoms with Gasteiger partial charge in [-0.3, -0.25) is 10.6 Å². The molecule has 4 heteroatoms. The van der Waals surface area contributed by atoms with Crippen LogP contribution in [0.5, 0.6) is 0 Å². The number of nitrogens with two attached hydrogens (primary N) is 1. The summed E-state index contributed by atoms with van der Waals surface area (Å²) in [5.74, 6) is 0. The average Bonchev–Trinajstić information content (AvgIpc) is 2.31. The van der Waals surface area contributed by atoms with E-state index in [1.54, 1.807) is 0 Å². The number of ether oxygens (including phenoxy) is 1. The van der Waals surface area contributed by atoms with E-state index >= 15 is 0 Å². The Morgan fingerprint density at radius 1 is 1.25 bits per heavy atom. The van der Waals surface area contributed by atoms with Gasteiger partial charge in [-0.15, -0.1) is 0 Å². The van der Waals surface area contributed by atoms with Crippen LogP contribution in [0.15, 0.2) is 30.3 Å². The van der Waals surface area contributed by atoms with Gasteiger partial charge in [-0.25, -0.2) is 0 Å². The zero-order valence-corrected chi connectivity index (χ0v) is 9.30. The molecule has 1 aliphatic rings. The first-order valence-corrected chi connectivity index (χ1v) is 5.55. The van der Waals surface area contributed by atoms with Gasteiger partial charge in [-0.1, -0.05) is 30.3 Å². The summed E-state index contributed by atoms with van der Waals surface area (Å²) in [6.45, 7) is 3.52. The van der Waals surface area contributed by atoms with Crippen LogP contribution < -0.4 is 5.73 Å². The number of hydrogen-bond acceptors (Lipinski definition) is 4. The zero-order valence-electron chi connectivity index (χ0n) is 9.30. The highest BCUT2D eigenvalue weighted by Crippen LogP contribution is 2.16. The summed E-state index contributed by atoms with van der Waals surface area (Å²) < 4.78 is 5.26. The van der Waals surface area contributed by atoms with Crippen LogP contribution in [-0.4, -0.2) is 42.9 Å². The molecule has 4 nitrogen and oxygen atoms in total. The van der Waals surface area contributed by atoms with Crippen molar-refractivity contribution in [3.63, 3.8) is 0 Å². The fraction of sp³-hybridized carbons (Fsp3) is 0.500. The van der Waals surface area contributed by atoms with E-state index < -0.39 is 5.72 Å². The van der Waals surface area contributed by atoms with Crippen LogP contribution in [0.4, 0.5) is 0 Å². The third-order valence-electron chi connectivity index (χ3n) is 2.84. The van der Waals surface area contributed by atoms with Gasteiger partial charge in [-0.05, 0) is 5.56 Å². The first-order valence-electron chi connectivity index (χ1n) is 5.55. The summed E-state index contributed by atoms with van der Waals surface area (Å²) in [5.41, 5.74) is 5.41. The number of benzene rings is 1. The van der Waals surface area contributed by atoms with E-state index in [0.717, 1.165) is 18.7 Å². The van der Waals surface area contributed by atoms with Crippen LogP contribution in [0.3, 0.4) is 0 Å². The minimum atomic E-state index is -1.28. The topological polar surface area (TPSA) is 58.7 Å². The minimum Gasteiger partial charge on any atom is -0.379 e. The fourth-order valence-electron chi connectivity index (χ4n) is 1.92. The maximum Gasteiger partial charge on any atom is 0.152 e. The molecule has 1 fully saturated rings. The van der Waals surface area contributed by atoms with Gasteiger partial charge in [0.25, 0.3) is 0 Å². The molecule has 0 radical (unpaired) electrons. The molecule has 1 atom stereocenters. The Labute approximate surface area is 95.6 Å². The number of β-amino-alcohol motifs (C(OH)–C–C–N with tert-alkyl or cyclic N) is 1. The monoisotopic (exact) mass is 222 g/mol. The standard InChI is InChI=1S/C12H18N2O2/c13-12(15,11-4-2-1-3-5-11)10-14-6-8-16-9-7-14/h1-5,15H,6-10,13H2. The first kappa shape index (κ1) is 11.5. The summed E-state index contributed by atoms with van der Waals surface area (Å²) >= 11 is 0. The Morgan fingerprint density at radius 3 is 2.50 bits per heavy atom. The number of rotatable bonds is 3. The molecule has 1 saturated heterocycles. The normalized spacial score (nSPS) is 21.6. The van der Waals surface area contributed by atoms with E-state index in [4.69, 9.17) is 10.5 Å².